The number of hydrogen-bond acceptors (Lipinski definition) is 5. The predicted octanol–water partition coefficient (Wildman–Crippen LogP) is 15.7. The highest BCUT2D eigenvalue weighted by molar-refractivity contribution is 6.13. The van der Waals surface area contributed by atoms with Crippen LogP contribution < -0.4 is 0 Å². The summed E-state index contributed by atoms with van der Waals surface area (Å²) in [6, 6.07) is 71.9. The highest BCUT2D eigenvalue weighted by atomic mass is 15.0. The van der Waals surface area contributed by atoms with Gasteiger partial charge in [-0.15, -0.1) is 0 Å². The highest BCUT2D eigenvalue weighted by Gasteiger charge is 2.26. The molecule has 0 aliphatic heterocycles. The SMILES string of the molecule is [C-]#[N+]c1ccc(-c2ccc3c(c2)c2ccccc2n3-c2cc(C#N)cc(-n3c4ccccc4c4cc(-c5ccc(C#N)cc5C#N)ccc43)c2-c2nc(-c3ccccc3)cc(-c3ccccc3)n2)c([N+]#[C-])c1. The Labute approximate surface area is 413 Å². The van der Waals surface area contributed by atoms with E-state index in [0.29, 0.717) is 56.4 Å². The molecule has 3 aromatic heterocycles. The van der Waals surface area contributed by atoms with Gasteiger partial charge < -0.3 is 9.13 Å². The molecule has 0 spiro atoms. The normalized spacial score (nSPS) is 11.0. The minimum absolute atomic E-state index is 0.394. The monoisotopic (exact) mass is 915 g/mol. The van der Waals surface area contributed by atoms with Crippen LogP contribution in [0.5, 0.6) is 0 Å². The zero-order chi connectivity index (χ0) is 48.9. The number of aromatic nitrogens is 4. The molecule has 12 rings (SSSR count). The van der Waals surface area contributed by atoms with Crippen LogP contribution >= 0.6 is 0 Å². The van der Waals surface area contributed by atoms with Gasteiger partial charge in [-0.2, -0.15) is 15.8 Å². The molecule has 9 nitrogen and oxygen atoms in total. The largest absolute Gasteiger partial charge is 0.308 e. The van der Waals surface area contributed by atoms with Crippen molar-refractivity contribution in [3.8, 4) is 85.7 Å². The first-order valence-corrected chi connectivity index (χ1v) is 23.0. The van der Waals surface area contributed by atoms with Crippen LogP contribution in [0.1, 0.15) is 16.7 Å². The molecule has 0 radical (unpaired) electrons. The van der Waals surface area contributed by atoms with E-state index < -0.39 is 0 Å². The Morgan fingerprint density at radius 3 is 1.44 bits per heavy atom. The van der Waals surface area contributed by atoms with Gasteiger partial charge in [-0.25, -0.2) is 19.7 Å². The van der Waals surface area contributed by atoms with Crippen LogP contribution in [0.15, 0.2) is 200 Å². The van der Waals surface area contributed by atoms with Gasteiger partial charge in [0.1, 0.15) is 0 Å². The van der Waals surface area contributed by atoms with Gasteiger partial charge in [-0.05, 0) is 89.0 Å². The van der Waals surface area contributed by atoms with E-state index in [4.69, 9.17) is 23.1 Å². The van der Waals surface area contributed by atoms with Crippen LogP contribution in [0.2, 0.25) is 0 Å². The predicted molar refractivity (Wildman–Crippen MR) is 285 cm³/mol. The van der Waals surface area contributed by atoms with E-state index >= 15 is 0 Å². The zero-order valence-electron chi connectivity index (χ0n) is 38.1. The molecule has 3 heterocycles. The average Bonchev–Trinajstić information content (AvgIpc) is 3.96. The van der Waals surface area contributed by atoms with Crippen molar-refractivity contribution in [3.63, 3.8) is 0 Å². The first-order chi connectivity index (χ1) is 35.5. The lowest BCUT2D eigenvalue weighted by molar-refractivity contribution is 1.10. The maximum absolute atomic E-state index is 11.1. The van der Waals surface area contributed by atoms with Crippen LogP contribution in [0.4, 0.5) is 11.4 Å². The van der Waals surface area contributed by atoms with Gasteiger partial charge >= 0.3 is 0 Å². The van der Waals surface area contributed by atoms with Crippen molar-refractivity contribution < 1.29 is 0 Å². The van der Waals surface area contributed by atoms with E-state index in [1.807, 2.05) is 133 Å². The summed E-state index contributed by atoms with van der Waals surface area (Å²) in [4.78, 5) is 18.3. The summed E-state index contributed by atoms with van der Waals surface area (Å²) in [6.07, 6.45) is 0. The van der Waals surface area contributed by atoms with Gasteiger partial charge in [0, 0.05) is 32.7 Å². The Bertz CT molecular complexity index is 4180. The number of fused-ring (bicyclic) bond motifs is 6. The second-order valence-corrected chi connectivity index (χ2v) is 17.3. The van der Waals surface area contributed by atoms with E-state index in [0.717, 1.165) is 82.8 Å². The minimum Gasteiger partial charge on any atom is -0.308 e. The summed E-state index contributed by atoms with van der Waals surface area (Å²) < 4.78 is 4.37. The molecule has 0 unspecified atom stereocenters. The van der Waals surface area contributed by atoms with E-state index in [1.54, 1.807) is 24.3 Å². The molecule has 9 heteroatoms. The molecule has 0 fully saturated rings. The quantitative estimate of drug-likeness (QED) is 0.148. The highest BCUT2D eigenvalue weighted by Crippen LogP contribution is 2.45. The third kappa shape index (κ3) is 6.98. The van der Waals surface area contributed by atoms with Gasteiger partial charge in [0.25, 0.3) is 0 Å². The Morgan fingerprint density at radius 2 is 0.917 bits per heavy atom. The average molecular weight is 916 g/mol. The van der Waals surface area contributed by atoms with Gasteiger partial charge in [-0.1, -0.05) is 133 Å². The van der Waals surface area contributed by atoms with Crippen LogP contribution in [0.3, 0.4) is 0 Å². The summed E-state index contributed by atoms with van der Waals surface area (Å²) in [6.45, 7) is 15.6. The van der Waals surface area contributed by atoms with E-state index in [1.165, 1.54) is 0 Å². The zero-order valence-corrected chi connectivity index (χ0v) is 38.1. The van der Waals surface area contributed by atoms with Crippen molar-refractivity contribution in [3.05, 3.63) is 240 Å². The molecule has 330 valence electrons. The van der Waals surface area contributed by atoms with Gasteiger partial charge in [0.05, 0.1) is 98.4 Å². The van der Waals surface area contributed by atoms with Crippen LogP contribution in [-0.2, 0) is 0 Å². The fraction of sp³-hybridized carbons (Fsp3) is 0. The summed E-state index contributed by atoms with van der Waals surface area (Å²) in [5, 5.41) is 34.7. The van der Waals surface area contributed by atoms with Crippen LogP contribution in [0.25, 0.3) is 121 Å². The fourth-order valence-corrected chi connectivity index (χ4v) is 10.0. The van der Waals surface area contributed by atoms with E-state index in [2.05, 4.69) is 79.5 Å². The first-order valence-electron chi connectivity index (χ1n) is 23.0. The summed E-state index contributed by atoms with van der Waals surface area (Å²) >= 11 is 0. The lowest BCUT2D eigenvalue weighted by Crippen LogP contribution is -2.07. The lowest BCUT2D eigenvalue weighted by Gasteiger charge is -2.21. The third-order valence-corrected chi connectivity index (χ3v) is 13.3. The van der Waals surface area contributed by atoms with Crippen molar-refractivity contribution in [2.45, 2.75) is 0 Å². The summed E-state index contributed by atoms with van der Waals surface area (Å²) in [5.74, 6) is 0.438. The Kier molecular flexibility index (Phi) is 10.2. The van der Waals surface area contributed by atoms with Crippen molar-refractivity contribution in [1.82, 2.24) is 19.1 Å². The lowest BCUT2D eigenvalue weighted by atomic mass is 9.97. The number of para-hydroxylation sites is 2. The van der Waals surface area contributed by atoms with Crippen LogP contribution in [-0.4, -0.2) is 19.1 Å². The molecule has 0 N–H and O–H groups in total. The fourth-order valence-electron chi connectivity index (χ4n) is 10.0. The maximum Gasteiger partial charge on any atom is 0.184 e. The van der Waals surface area contributed by atoms with Gasteiger partial charge in [0.2, 0.25) is 0 Å². The Hall–Kier alpha value is -10.9. The molecule has 12 aromatic rings. The minimum atomic E-state index is 0.394. The molecular formula is C63H33N9. The second-order valence-electron chi connectivity index (χ2n) is 17.3. The molecule has 0 bridgehead atoms. The smallest absolute Gasteiger partial charge is 0.184 e. The topological polar surface area (TPSA) is 116 Å². The number of hydrogen-bond donors (Lipinski definition) is 0. The van der Waals surface area contributed by atoms with E-state index in [-0.39, 0.29) is 0 Å². The number of benzene rings is 9. The van der Waals surface area contributed by atoms with Crippen molar-refractivity contribution >= 4 is 55.0 Å². The molecule has 0 saturated carbocycles. The van der Waals surface area contributed by atoms with Gasteiger partial charge in [-0.3, -0.25) is 0 Å². The first kappa shape index (κ1) is 42.5. The number of nitriles is 3. The van der Waals surface area contributed by atoms with Crippen molar-refractivity contribution in [2.24, 2.45) is 0 Å². The Balaban J connectivity index is 1.21. The molecule has 9 aromatic carbocycles. The van der Waals surface area contributed by atoms with Crippen molar-refractivity contribution in [2.75, 3.05) is 0 Å². The molecule has 0 atom stereocenters. The summed E-state index contributed by atoms with van der Waals surface area (Å²) in [7, 11) is 0. The molecular weight excluding hydrogens is 883 g/mol. The van der Waals surface area contributed by atoms with Gasteiger partial charge in [0.15, 0.2) is 17.2 Å². The van der Waals surface area contributed by atoms with Crippen LogP contribution in [0, 0.1) is 47.1 Å². The number of rotatable bonds is 7. The summed E-state index contributed by atoms with van der Waals surface area (Å²) in [5.41, 5.74) is 13.8. The standard InChI is InChI=1S/C63H33N9/c1-67-46-24-26-48(55(34-46)68-2)44-23-28-59-52(33-44)50-18-10-12-20-57(50)72(59)61-31-40(37-65)30-60(62(61)63-69-53(41-13-5-3-6-14-41)35-54(70-63)42-15-7-4-8-16-42)71-56-19-11-9-17-49(56)51-32-43(22-27-58(51)71)47-25-21-39(36-64)29-45(47)38-66/h3-35H. The maximum atomic E-state index is 11.1. The Morgan fingerprint density at radius 1 is 0.403 bits per heavy atom. The van der Waals surface area contributed by atoms with E-state index in [9.17, 15) is 15.8 Å². The second kappa shape index (κ2) is 17.3. The molecule has 0 amide bonds. The molecule has 0 aliphatic carbocycles. The molecule has 72 heavy (non-hydrogen) atoms. The third-order valence-electron chi connectivity index (χ3n) is 13.3. The molecule has 0 saturated heterocycles. The van der Waals surface area contributed by atoms with Crippen molar-refractivity contribution in [1.29, 1.82) is 15.8 Å². The number of nitrogens with zero attached hydrogens (tertiary/aromatic N) is 9. The molecule has 0 aliphatic rings.